The molecule has 5 heteroatoms. The summed E-state index contributed by atoms with van der Waals surface area (Å²) < 4.78 is 10.6. The lowest BCUT2D eigenvalue weighted by Crippen LogP contribution is -2.20. The lowest BCUT2D eigenvalue weighted by Gasteiger charge is -2.12. The van der Waals surface area contributed by atoms with Gasteiger partial charge in [-0.3, -0.25) is 9.63 Å². The Bertz CT molecular complexity index is 685. The molecule has 0 bridgehead atoms. The second kappa shape index (κ2) is 8.93. The Labute approximate surface area is 142 Å². The van der Waals surface area contributed by atoms with Crippen LogP contribution in [0.4, 0.5) is 0 Å². The van der Waals surface area contributed by atoms with E-state index in [0.29, 0.717) is 6.61 Å². The molecule has 0 aromatic heterocycles. The quantitative estimate of drug-likeness (QED) is 0.756. The summed E-state index contributed by atoms with van der Waals surface area (Å²) in [4.78, 5) is 16.1. The van der Waals surface area contributed by atoms with Gasteiger partial charge in [0.25, 0.3) is 0 Å². The Morgan fingerprint density at radius 1 is 0.958 bits per heavy atom. The maximum Gasteiger partial charge on any atom is 0.240 e. The minimum Gasteiger partial charge on any atom is -0.493 e. The summed E-state index contributed by atoms with van der Waals surface area (Å²) in [7, 11) is 3.26. The minimum absolute atomic E-state index is 0.210. The van der Waals surface area contributed by atoms with E-state index >= 15 is 0 Å². The molecule has 0 aliphatic carbocycles. The lowest BCUT2D eigenvalue weighted by atomic mass is 10.00. The van der Waals surface area contributed by atoms with E-state index in [-0.39, 0.29) is 5.91 Å². The topological polar surface area (TPSA) is 56.8 Å². The number of ether oxygens (including phenoxy) is 2. The zero-order valence-corrected chi connectivity index (χ0v) is 14.3. The van der Waals surface area contributed by atoms with E-state index in [2.05, 4.69) is 11.5 Å². The van der Waals surface area contributed by atoms with Crippen LogP contribution in [0, 0.1) is 0 Å². The summed E-state index contributed by atoms with van der Waals surface area (Å²) in [6, 6.07) is 14.0. The fourth-order valence-corrected chi connectivity index (χ4v) is 2.47. The molecule has 2 aromatic rings. The Kier molecular flexibility index (Phi) is 6.63. The summed E-state index contributed by atoms with van der Waals surface area (Å²) in [5, 5.41) is 0. The molecule has 0 heterocycles. The van der Waals surface area contributed by atoms with Gasteiger partial charge in [0.15, 0.2) is 11.5 Å². The number of carbonyl (C=O) groups is 1. The fourth-order valence-electron chi connectivity index (χ4n) is 2.47. The molecule has 2 aromatic carbocycles. The van der Waals surface area contributed by atoms with Crippen LogP contribution in [-0.4, -0.2) is 20.1 Å². The summed E-state index contributed by atoms with van der Waals surface area (Å²) >= 11 is 0. The van der Waals surface area contributed by atoms with E-state index < -0.39 is 0 Å². The van der Waals surface area contributed by atoms with E-state index in [1.165, 1.54) is 18.1 Å². The van der Waals surface area contributed by atoms with Crippen molar-refractivity contribution in [2.75, 3.05) is 14.2 Å². The van der Waals surface area contributed by atoms with E-state index in [9.17, 15) is 4.79 Å². The molecule has 0 aliphatic heterocycles. The number of amides is 1. The predicted molar refractivity (Wildman–Crippen MR) is 92.0 cm³/mol. The second-order valence-corrected chi connectivity index (χ2v) is 5.40. The summed E-state index contributed by atoms with van der Waals surface area (Å²) in [5.74, 6) is 1.25. The van der Waals surface area contributed by atoms with E-state index in [0.717, 1.165) is 29.9 Å². The minimum atomic E-state index is -0.210. The van der Waals surface area contributed by atoms with Gasteiger partial charge >= 0.3 is 0 Å². The monoisotopic (exact) mass is 329 g/mol. The van der Waals surface area contributed by atoms with Gasteiger partial charge in [0.1, 0.15) is 6.61 Å². The first-order valence-electron chi connectivity index (χ1n) is 7.80. The first-order valence-corrected chi connectivity index (χ1v) is 7.80. The molecule has 128 valence electrons. The normalized spacial score (nSPS) is 10.3. The number of hydroxylamine groups is 1. The molecule has 0 aliphatic rings. The molecule has 0 saturated heterocycles. The van der Waals surface area contributed by atoms with Gasteiger partial charge in [0, 0.05) is 6.92 Å². The summed E-state index contributed by atoms with van der Waals surface area (Å²) in [5.41, 5.74) is 5.78. The first-order chi connectivity index (χ1) is 11.6. The smallest absolute Gasteiger partial charge is 0.240 e. The van der Waals surface area contributed by atoms with Crippen LogP contribution in [0.3, 0.4) is 0 Å². The van der Waals surface area contributed by atoms with Gasteiger partial charge in [0.2, 0.25) is 5.91 Å². The Morgan fingerprint density at radius 3 is 2.33 bits per heavy atom. The van der Waals surface area contributed by atoms with E-state index in [1.807, 2.05) is 36.4 Å². The fraction of sp³-hybridized carbons (Fsp3) is 0.316. The first kappa shape index (κ1) is 17.8. The van der Waals surface area contributed by atoms with Gasteiger partial charge < -0.3 is 9.47 Å². The average molecular weight is 329 g/mol. The van der Waals surface area contributed by atoms with Crippen LogP contribution >= 0.6 is 0 Å². The van der Waals surface area contributed by atoms with E-state index in [1.54, 1.807) is 14.2 Å². The van der Waals surface area contributed by atoms with Gasteiger partial charge in [-0.25, -0.2) is 5.48 Å². The van der Waals surface area contributed by atoms with Crippen molar-refractivity contribution in [2.45, 2.75) is 26.4 Å². The van der Waals surface area contributed by atoms with Crippen molar-refractivity contribution < 1.29 is 19.1 Å². The highest BCUT2D eigenvalue weighted by Gasteiger charge is 2.07. The molecule has 5 nitrogen and oxygen atoms in total. The zero-order chi connectivity index (χ0) is 17.4. The third kappa shape index (κ3) is 4.99. The molecule has 24 heavy (non-hydrogen) atoms. The number of benzene rings is 2. The van der Waals surface area contributed by atoms with Crippen LogP contribution in [0.2, 0.25) is 0 Å². The van der Waals surface area contributed by atoms with Crippen LogP contribution in [0.5, 0.6) is 11.5 Å². The molecule has 2 rings (SSSR count). The molecule has 0 atom stereocenters. The predicted octanol–water partition coefficient (Wildman–Crippen LogP) is 3.06. The van der Waals surface area contributed by atoms with Crippen LogP contribution in [-0.2, 0) is 29.1 Å². The number of aryl methyl sites for hydroxylation is 2. The molecule has 1 amide bonds. The van der Waals surface area contributed by atoms with Gasteiger partial charge in [-0.15, -0.1) is 0 Å². The van der Waals surface area contributed by atoms with Crippen LogP contribution in [0.25, 0.3) is 0 Å². The molecule has 0 radical (unpaired) electrons. The summed E-state index contributed by atoms with van der Waals surface area (Å²) in [6.07, 6.45) is 1.74. The largest absolute Gasteiger partial charge is 0.493 e. The van der Waals surface area contributed by atoms with Crippen molar-refractivity contribution in [1.82, 2.24) is 5.48 Å². The number of rotatable bonds is 8. The van der Waals surface area contributed by atoms with Gasteiger partial charge in [-0.2, -0.15) is 0 Å². The average Bonchev–Trinajstić information content (AvgIpc) is 2.60. The standard InChI is InChI=1S/C19H23NO4/c1-14(21)20-24-13-17-7-5-4-6-16(17)10-8-15-9-11-18(22-2)19(12-15)23-3/h4-7,9,11-12H,8,10,13H2,1-3H3,(H,20,21). The van der Waals surface area contributed by atoms with Crippen LogP contribution in [0.1, 0.15) is 23.6 Å². The highest BCUT2D eigenvalue weighted by molar-refractivity contribution is 5.71. The van der Waals surface area contributed by atoms with Crippen molar-refractivity contribution in [1.29, 1.82) is 0 Å². The number of methoxy groups -OCH3 is 2. The zero-order valence-electron chi connectivity index (χ0n) is 14.3. The maximum atomic E-state index is 10.9. The van der Waals surface area contributed by atoms with Crippen molar-refractivity contribution in [2.24, 2.45) is 0 Å². The van der Waals surface area contributed by atoms with Crippen molar-refractivity contribution in [3.63, 3.8) is 0 Å². The SMILES string of the molecule is COc1ccc(CCc2ccccc2CONC(C)=O)cc1OC. The lowest BCUT2D eigenvalue weighted by molar-refractivity contribution is -0.132. The van der Waals surface area contributed by atoms with Crippen molar-refractivity contribution in [3.05, 3.63) is 59.2 Å². The molecular formula is C19H23NO4. The molecule has 0 saturated carbocycles. The molecular weight excluding hydrogens is 306 g/mol. The number of hydrogen-bond acceptors (Lipinski definition) is 4. The number of nitrogens with one attached hydrogen (secondary N) is 1. The molecule has 0 fully saturated rings. The molecule has 0 unspecified atom stereocenters. The third-order valence-electron chi connectivity index (χ3n) is 3.69. The maximum absolute atomic E-state index is 10.9. The Morgan fingerprint density at radius 2 is 1.67 bits per heavy atom. The van der Waals surface area contributed by atoms with Gasteiger partial charge in [-0.05, 0) is 41.7 Å². The van der Waals surface area contributed by atoms with E-state index in [4.69, 9.17) is 14.3 Å². The number of carbonyl (C=O) groups excluding carboxylic acids is 1. The Balaban J connectivity index is 2.02. The van der Waals surface area contributed by atoms with Crippen molar-refractivity contribution >= 4 is 5.91 Å². The third-order valence-corrected chi connectivity index (χ3v) is 3.69. The Hall–Kier alpha value is -2.53. The second-order valence-electron chi connectivity index (χ2n) is 5.40. The van der Waals surface area contributed by atoms with Crippen LogP contribution in [0.15, 0.2) is 42.5 Å². The summed E-state index contributed by atoms with van der Waals surface area (Å²) in [6.45, 7) is 1.77. The van der Waals surface area contributed by atoms with Gasteiger partial charge in [0.05, 0.1) is 14.2 Å². The molecule has 1 N–H and O–H groups in total. The molecule has 0 spiro atoms. The van der Waals surface area contributed by atoms with Crippen molar-refractivity contribution in [3.8, 4) is 11.5 Å². The van der Waals surface area contributed by atoms with Crippen LogP contribution < -0.4 is 15.0 Å². The van der Waals surface area contributed by atoms with Gasteiger partial charge in [-0.1, -0.05) is 30.3 Å². The highest BCUT2D eigenvalue weighted by Crippen LogP contribution is 2.28. The highest BCUT2D eigenvalue weighted by atomic mass is 16.6. The number of hydrogen-bond donors (Lipinski definition) is 1.